The zero-order valence-corrected chi connectivity index (χ0v) is 15.6. The second-order valence-corrected chi connectivity index (χ2v) is 5.75. The summed E-state index contributed by atoms with van der Waals surface area (Å²) in [7, 11) is 1.52. The maximum Gasteiger partial charge on any atom is 0.416 e. The standard InChI is InChI=1S/C17H17F3N4O2.ClHO/c1-26-14-6-7-21-16(22-14)24-10-8-23(9-11-24)15(25)12-2-4-13(5-3-12)17(18,19)20;1-2/h2-7H,8-11H2,1H3;2H. The van der Waals surface area contributed by atoms with Crippen molar-refractivity contribution in [1.82, 2.24) is 14.9 Å². The molecule has 0 bridgehead atoms. The fourth-order valence-electron chi connectivity index (χ4n) is 2.69. The second kappa shape index (κ2) is 9.56. The summed E-state index contributed by atoms with van der Waals surface area (Å²) in [6, 6.07) is 5.92. The van der Waals surface area contributed by atoms with Crippen molar-refractivity contribution in [3.05, 3.63) is 47.7 Å². The molecule has 3 rings (SSSR count). The maximum absolute atomic E-state index is 12.6. The van der Waals surface area contributed by atoms with E-state index in [4.69, 9.17) is 9.40 Å². The van der Waals surface area contributed by atoms with Crippen LogP contribution in [0.4, 0.5) is 19.1 Å². The highest BCUT2D eigenvalue weighted by atomic mass is 35.5. The van der Waals surface area contributed by atoms with Crippen molar-refractivity contribution in [3.63, 3.8) is 0 Å². The van der Waals surface area contributed by atoms with Crippen LogP contribution in [0.15, 0.2) is 36.5 Å². The van der Waals surface area contributed by atoms with Gasteiger partial charge in [-0.05, 0) is 24.3 Å². The molecule has 1 fully saturated rings. The number of amides is 1. The van der Waals surface area contributed by atoms with E-state index in [-0.39, 0.29) is 11.5 Å². The summed E-state index contributed by atoms with van der Waals surface area (Å²) in [4.78, 5) is 24.5. The molecular weight excluding hydrogens is 401 g/mol. The van der Waals surface area contributed by atoms with E-state index in [2.05, 4.69) is 21.8 Å². The average molecular weight is 419 g/mol. The summed E-state index contributed by atoms with van der Waals surface area (Å²) in [6.45, 7) is 1.92. The molecule has 28 heavy (non-hydrogen) atoms. The fourth-order valence-corrected chi connectivity index (χ4v) is 2.69. The van der Waals surface area contributed by atoms with E-state index >= 15 is 0 Å². The first-order valence-corrected chi connectivity index (χ1v) is 8.48. The lowest BCUT2D eigenvalue weighted by Crippen LogP contribution is -2.49. The molecule has 1 aliphatic rings. The Morgan fingerprint density at radius 2 is 1.71 bits per heavy atom. The van der Waals surface area contributed by atoms with Gasteiger partial charge in [0.1, 0.15) is 0 Å². The van der Waals surface area contributed by atoms with Crippen LogP contribution >= 0.6 is 11.9 Å². The number of aromatic nitrogens is 2. The van der Waals surface area contributed by atoms with Crippen LogP contribution in [0.3, 0.4) is 0 Å². The molecule has 0 atom stereocenters. The number of alkyl halides is 3. The number of hydrogen-bond donors (Lipinski definition) is 1. The normalized spacial score (nSPS) is 14.2. The first-order chi connectivity index (χ1) is 13.4. The lowest BCUT2D eigenvalue weighted by molar-refractivity contribution is -0.137. The molecule has 2 aromatic rings. The molecule has 0 spiro atoms. The van der Waals surface area contributed by atoms with Gasteiger partial charge in [-0.1, -0.05) is 0 Å². The number of ether oxygens (including phenoxy) is 1. The molecule has 0 radical (unpaired) electrons. The van der Waals surface area contributed by atoms with Gasteiger partial charge in [-0.2, -0.15) is 18.2 Å². The van der Waals surface area contributed by atoms with E-state index in [1.807, 2.05) is 4.90 Å². The van der Waals surface area contributed by atoms with Crippen LogP contribution in [0, 0.1) is 0 Å². The Hall–Kier alpha value is -2.59. The van der Waals surface area contributed by atoms with E-state index in [9.17, 15) is 18.0 Å². The third-order valence-electron chi connectivity index (χ3n) is 4.14. The molecule has 0 unspecified atom stereocenters. The summed E-state index contributed by atoms with van der Waals surface area (Å²) >= 11 is 3.64. The number of piperazine rings is 1. The highest BCUT2D eigenvalue weighted by Gasteiger charge is 2.31. The Morgan fingerprint density at radius 3 is 2.25 bits per heavy atom. The van der Waals surface area contributed by atoms with Crippen LogP contribution in [0.5, 0.6) is 5.88 Å². The predicted molar refractivity (Wildman–Crippen MR) is 96.2 cm³/mol. The predicted octanol–water partition coefficient (Wildman–Crippen LogP) is 2.60. The van der Waals surface area contributed by atoms with Gasteiger partial charge in [0.2, 0.25) is 11.8 Å². The van der Waals surface area contributed by atoms with Gasteiger partial charge in [0.15, 0.2) is 0 Å². The molecule has 0 aliphatic carbocycles. The number of nitrogens with zero attached hydrogens (tertiary/aromatic N) is 4. The van der Waals surface area contributed by atoms with Gasteiger partial charge in [0, 0.05) is 44.0 Å². The number of anilines is 1. The van der Waals surface area contributed by atoms with Gasteiger partial charge in [0.05, 0.1) is 24.5 Å². The van der Waals surface area contributed by atoms with Crippen molar-refractivity contribution in [2.24, 2.45) is 0 Å². The minimum absolute atomic E-state index is 0.240. The van der Waals surface area contributed by atoms with Crippen LogP contribution in [0.2, 0.25) is 0 Å². The third-order valence-corrected chi connectivity index (χ3v) is 4.14. The number of methoxy groups -OCH3 is 1. The molecule has 1 aromatic carbocycles. The second-order valence-electron chi connectivity index (χ2n) is 5.75. The number of benzene rings is 1. The molecule has 152 valence electrons. The Labute approximate surface area is 164 Å². The monoisotopic (exact) mass is 418 g/mol. The largest absolute Gasteiger partial charge is 0.481 e. The number of rotatable bonds is 3. The van der Waals surface area contributed by atoms with Crippen molar-refractivity contribution in [3.8, 4) is 5.88 Å². The number of carbonyl (C=O) groups is 1. The Morgan fingerprint density at radius 1 is 1.11 bits per heavy atom. The minimum atomic E-state index is -4.41. The molecule has 1 N–H and O–H groups in total. The third kappa shape index (κ3) is 5.23. The van der Waals surface area contributed by atoms with Gasteiger partial charge in [0.25, 0.3) is 5.91 Å². The van der Waals surface area contributed by atoms with Crippen LogP contribution in [-0.4, -0.2) is 58.7 Å². The molecule has 11 heteroatoms. The van der Waals surface area contributed by atoms with Gasteiger partial charge >= 0.3 is 6.18 Å². The maximum atomic E-state index is 12.6. The average Bonchev–Trinajstić information content (AvgIpc) is 2.74. The number of halogens is 4. The molecule has 1 aliphatic heterocycles. The van der Waals surface area contributed by atoms with E-state index in [1.165, 1.54) is 19.2 Å². The lowest BCUT2D eigenvalue weighted by Gasteiger charge is -2.34. The molecule has 1 saturated heterocycles. The lowest BCUT2D eigenvalue weighted by atomic mass is 10.1. The van der Waals surface area contributed by atoms with Crippen molar-refractivity contribution < 1.29 is 27.4 Å². The smallest absolute Gasteiger partial charge is 0.416 e. The molecular formula is C17H18ClF3N4O3. The van der Waals surface area contributed by atoms with Crippen LogP contribution in [-0.2, 0) is 6.18 Å². The topological polar surface area (TPSA) is 78.8 Å². The highest BCUT2D eigenvalue weighted by Crippen LogP contribution is 2.29. The summed E-state index contributed by atoms with van der Waals surface area (Å²) in [5, 5.41) is 0. The Bertz CT molecular complexity index is 782. The molecule has 2 heterocycles. The van der Waals surface area contributed by atoms with E-state index < -0.39 is 11.7 Å². The van der Waals surface area contributed by atoms with Crippen LogP contribution in [0.25, 0.3) is 0 Å². The van der Waals surface area contributed by atoms with Crippen molar-refractivity contribution in [1.29, 1.82) is 0 Å². The minimum Gasteiger partial charge on any atom is -0.481 e. The van der Waals surface area contributed by atoms with Crippen LogP contribution < -0.4 is 9.64 Å². The van der Waals surface area contributed by atoms with Crippen molar-refractivity contribution in [2.75, 3.05) is 38.2 Å². The van der Waals surface area contributed by atoms with Crippen molar-refractivity contribution in [2.45, 2.75) is 6.18 Å². The molecule has 1 aromatic heterocycles. The van der Waals surface area contributed by atoms with Crippen LogP contribution in [0.1, 0.15) is 15.9 Å². The summed E-state index contributed by atoms with van der Waals surface area (Å²) in [5.74, 6) is 0.689. The molecule has 7 nitrogen and oxygen atoms in total. The Balaban J connectivity index is 0.00000136. The van der Waals surface area contributed by atoms with Crippen molar-refractivity contribution >= 4 is 23.7 Å². The summed E-state index contributed by atoms with van der Waals surface area (Å²) in [6.07, 6.45) is -2.81. The van der Waals surface area contributed by atoms with E-state index in [0.717, 1.165) is 12.1 Å². The summed E-state index contributed by atoms with van der Waals surface area (Å²) in [5.41, 5.74) is -0.530. The van der Waals surface area contributed by atoms with E-state index in [0.29, 0.717) is 38.0 Å². The quantitative estimate of drug-likeness (QED) is 0.825. The number of carbonyl (C=O) groups excluding carboxylic acids is 1. The SMILES string of the molecule is COc1ccnc(N2CCN(C(=O)c3ccc(C(F)(F)F)cc3)CC2)n1.OCl. The zero-order valence-electron chi connectivity index (χ0n) is 14.9. The zero-order chi connectivity index (χ0) is 20.7. The first-order valence-electron chi connectivity index (χ1n) is 8.14. The van der Waals surface area contributed by atoms with Gasteiger partial charge in [-0.3, -0.25) is 9.45 Å². The fraction of sp³-hybridized carbons (Fsp3) is 0.353. The molecule has 1 amide bonds. The van der Waals surface area contributed by atoms with Gasteiger partial charge in [-0.25, -0.2) is 4.98 Å². The highest BCUT2D eigenvalue weighted by molar-refractivity contribution is 6.04. The first kappa shape index (κ1) is 21.7. The number of hydrogen-bond acceptors (Lipinski definition) is 6. The Kier molecular flexibility index (Phi) is 7.41. The van der Waals surface area contributed by atoms with Gasteiger partial charge in [-0.15, -0.1) is 0 Å². The summed E-state index contributed by atoms with van der Waals surface area (Å²) < 4.78 is 49.4. The van der Waals surface area contributed by atoms with E-state index in [1.54, 1.807) is 17.2 Å². The van der Waals surface area contributed by atoms with Gasteiger partial charge < -0.3 is 14.5 Å². The molecule has 0 saturated carbocycles.